The van der Waals surface area contributed by atoms with Crippen molar-refractivity contribution in [2.45, 2.75) is 19.8 Å². The van der Waals surface area contributed by atoms with Gasteiger partial charge in [-0.15, -0.1) is 0 Å². The van der Waals surface area contributed by atoms with Gasteiger partial charge in [0, 0.05) is 29.2 Å². The molecule has 1 unspecified atom stereocenters. The lowest BCUT2D eigenvalue weighted by Crippen LogP contribution is -2.37. The van der Waals surface area contributed by atoms with Crippen LogP contribution < -0.4 is 10.8 Å². The van der Waals surface area contributed by atoms with Gasteiger partial charge in [0.2, 0.25) is 0 Å². The van der Waals surface area contributed by atoms with E-state index in [2.05, 4.69) is 46.0 Å². The first-order valence-electron chi connectivity index (χ1n) is 6.03. The van der Waals surface area contributed by atoms with Crippen molar-refractivity contribution in [1.29, 1.82) is 0 Å². The zero-order valence-electron chi connectivity index (χ0n) is 10.2. The summed E-state index contributed by atoms with van der Waals surface area (Å²) in [7, 11) is 0. The molecule has 2 N–H and O–H groups in total. The minimum absolute atomic E-state index is 0.550. The molecule has 1 heterocycles. The maximum absolute atomic E-state index is 5.16. The van der Waals surface area contributed by atoms with Gasteiger partial charge in [-0.25, -0.2) is 5.90 Å². The standard InChI is InChI=1S/C13H19BrN2O/c1-10-4-5-12(7-13(10)14)16-6-2-3-11(8-16)9-17-15/h4-5,7,11H,2-3,6,8-9,15H2,1H3. The summed E-state index contributed by atoms with van der Waals surface area (Å²) in [4.78, 5) is 7.19. The largest absolute Gasteiger partial charge is 0.371 e. The average Bonchev–Trinajstić information content (AvgIpc) is 2.33. The summed E-state index contributed by atoms with van der Waals surface area (Å²) in [6, 6.07) is 6.54. The molecule has 0 aliphatic carbocycles. The minimum atomic E-state index is 0.550. The lowest BCUT2D eigenvalue weighted by atomic mass is 9.98. The zero-order valence-corrected chi connectivity index (χ0v) is 11.7. The smallest absolute Gasteiger partial charge is 0.0724 e. The number of aryl methyl sites for hydroxylation is 1. The summed E-state index contributed by atoms with van der Waals surface area (Å²) in [5, 5.41) is 0. The van der Waals surface area contributed by atoms with Gasteiger partial charge in [0.25, 0.3) is 0 Å². The van der Waals surface area contributed by atoms with Crippen molar-refractivity contribution in [3.8, 4) is 0 Å². The Morgan fingerprint density at radius 3 is 3.06 bits per heavy atom. The molecule has 0 bridgehead atoms. The molecule has 0 saturated carbocycles. The molecule has 94 valence electrons. The van der Waals surface area contributed by atoms with Gasteiger partial charge in [-0.1, -0.05) is 22.0 Å². The van der Waals surface area contributed by atoms with Crippen LogP contribution in [0.5, 0.6) is 0 Å². The summed E-state index contributed by atoms with van der Waals surface area (Å²) < 4.78 is 1.17. The Hall–Kier alpha value is -0.580. The highest BCUT2D eigenvalue weighted by Gasteiger charge is 2.20. The molecule has 0 aromatic heterocycles. The fraction of sp³-hybridized carbons (Fsp3) is 0.538. The Balaban J connectivity index is 2.08. The molecule has 1 aliphatic rings. The number of rotatable bonds is 3. The quantitative estimate of drug-likeness (QED) is 0.872. The van der Waals surface area contributed by atoms with Crippen LogP contribution >= 0.6 is 15.9 Å². The van der Waals surface area contributed by atoms with Gasteiger partial charge in [0.1, 0.15) is 0 Å². The number of halogens is 1. The summed E-state index contributed by atoms with van der Waals surface area (Å²) in [5.74, 6) is 5.71. The van der Waals surface area contributed by atoms with E-state index in [-0.39, 0.29) is 0 Å². The molecular formula is C13H19BrN2O. The van der Waals surface area contributed by atoms with E-state index in [4.69, 9.17) is 10.7 Å². The van der Waals surface area contributed by atoms with Crippen molar-refractivity contribution < 1.29 is 4.84 Å². The Morgan fingerprint density at radius 1 is 1.53 bits per heavy atom. The van der Waals surface area contributed by atoms with Crippen LogP contribution in [0.2, 0.25) is 0 Å². The van der Waals surface area contributed by atoms with E-state index < -0.39 is 0 Å². The average molecular weight is 299 g/mol. The van der Waals surface area contributed by atoms with Gasteiger partial charge in [0.15, 0.2) is 0 Å². The predicted octanol–water partition coefficient (Wildman–Crippen LogP) is 2.86. The number of benzene rings is 1. The highest BCUT2D eigenvalue weighted by molar-refractivity contribution is 9.10. The van der Waals surface area contributed by atoms with Crippen molar-refractivity contribution in [2.24, 2.45) is 11.8 Å². The van der Waals surface area contributed by atoms with Crippen LogP contribution in [-0.4, -0.2) is 19.7 Å². The summed E-state index contributed by atoms with van der Waals surface area (Å²) in [6.07, 6.45) is 2.42. The van der Waals surface area contributed by atoms with Gasteiger partial charge >= 0.3 is 0 Å². The van der Waals surface area contributed by atoms with E-state index in [9.17, 15) is 0 Å². The third-order valence-electron chi connectivity index (χ3n) is 3.37. The molecule has 0 radical (unpaired) electrons. The normalized spacial score (nSPS) is 20.6. The maximum atomic E-state index is 5.16. The topological polar surface area (TPSA) is 38.5 Å². The highest BCUT2D eigenvalue weighted by atomic mass is 79.9. The fourth-order valence-corrected chi connectivity index (χ4v) is 2.72. The third kappa shape index (κ3) is 3.21. The molecule has 3 nitrogen and oxygen atoms in total. The summed E-state index contributed by atoms with van der Waals surface area (Å²) >= 11 is 3.59. The zero-order chi connectivity index (χ0) is 12.3. The fourth-order valence-electron chi connectivity index (χ4n) is 2.35. The van der Waals surface area contributed by atoms with Crippen LogP contribution in [0.1, 0.15) is 18.4 Å². The molecule has 1 fully saturated rings. The molecule has 0 spiro atoms. The second kappa shape index (κ2) is 5.85. The molecule has 4 heteroatoms. The van der Waals surface area contributed by atoms with Crippen LogP contribution in [0.4, 0.5) is 5.69 Å². The molecule has 0 amide bonds. The lowest BCUT2D eigenvalue weighted by Gasteiger charge is -2.34. The number of nitrogens with two attached hydrogens (primary N) is 1. The number of hydrogen-bond acceptors (Lipinski definition) is 3. The number of piperidine rings is 1. The van der Waals surface area contributed by atoms with Crippen molar-refractivity contribution in [3.63, 3.8) is 0 Å². The molecule has 1 aliphatic heterocycles. The van der Waals surface area contributed by atoms with Crippen molar-refractivity contribution in [3.05, 3.63) is 28.2 Å². The molecule has 17 heavy (non-hydrogen) atoms. The van der Waals surface area contributed by atoms with Crippen molar-refractivity contribution >= 4 is 21.6 Å². The van der Waals surface area contributed by atoms with Crippen molar-refractivity contribution in [1.82, 2.24) is 0 Å². The monoisotopic (exact) mass is 298 g/mol. The van der Waals surface area contributed by atoms with Crippen LogP contribution in [-0.2, 0) is 4.84 Å². The Kier molecular flexibility index (Phi) is 4.42. The molecule has 1 saturated heterocycles. The van der Waals surface area contributed by atoms with E-state index in [0.29, 0.717) is 12.5 Å². The Bertz CT molecular complexity index is 382. The first-order chi connectivity index (χ1) is 8.20. The highest BCUT2D eigenvalue weighted by Crippen LogP contribution is 2.27. The SMILES string of the molecule is Cc1ccc(N2CCCC(CON)C2)cc1Br. The van der Waals surface area contributed by atoms with E-state index in [1.54, 1.807) is 0 Å². The van der Waals surface area contributed by atoms with Crippen LogP contribution in [0.25, 0.3) is 0 Å². The summed E-state index contributed by atoms with van der Waals surface area (Å²) in [5.41, 5.74) is 2.55. The van der Waals surface area contributed by atoms with Crippen LogP contribution in [0.15, 0.2) is 22.7 Å². The van der Waals surface area contributed by atoms with E-state index in [1.165, 1.54) is 28.6 Å². The Labute approximate surface area is 111 Å². The van der Waals surface area contributed by atoms with Crippen molar-refractivity contribution in [2.75, 3.05) is 24.6 Å². The first-order valence-corrected chi connectivity index (χ1v) is 6.83. The van der Waals surface area contributed by atoms with Crippen LogP contribution in [0, 0.1) is 12.8 Å². The van der Waals surface area contributed by atoms with Gasteiger partial charge in [-0.05, 0) is 37.5 Å². The van der Waals surface area contributed by atoms with E-state index in [1.807, 2.05) is 0 Å². The second-order valence-electron chi connectivity index (χ2n) is 4.72. The first kappa shape index (κ1) is 12.9. The number of anilines is 1. The third-order valence-corrected chi connectivity index (χ3v) is 4.23. The van der Waals surface area contributed by atoms with Gasteiger partial charge in [-0.2, -0.15) is 0 Å². The maximum Gasteiger partial charge on any atom is 0.0724 e. The molecule has 2 rings (SSSR count). The molecule has 1 aromatic rings. The second-order valence-corrected chi connectivity index (χ2v) is 5.58. The molecular weight excluding hydrogens is 280 g/mol. The number of hydrogen-bond donors (Lipinski definition) is 1. The summed E-state index contributed by atoms with van der Waals surface area (Å²) in [6.45, 7) is 4.92. The van der Waals surface area contributed by atoms with E-state index in [0.717, 1.165) is 13.1 Å². The number of nitrogens with zero attached hydrogens (tertiary/aromatic N) is 1. The van der Waals surface area contributed by atoms with Gasteiger partial charge < -0.3 is 9.74 Å². The molecule has 1 aromatic carbocycles. The predicted molar refractivity (Wildman–Crippen MR) is 74.0 cm³/mol. The molecule has 1 atom stereocenters. The van der Waals surface area contributed by atoms with Gasteiger partial charge in [0.05, 0.1) is 6.61 Å². The lowest BCUT2D eigenvalue weighted by molar-refractivity contribution is 0.0951. The van der Waals surface area contributed by atoms with Gasteiger partial charge in [-0.3, -0.25) is 0 Å². The Morgan fingerprint density at radius 2 is 2.35 bits per heavy atom. The van der Waals surface area contributed by atoms with E-state index >= 15 is 0 Å². The minimum Gasteiger partial charge on any atom is -0.371 e. The van der Waals surface area contributed by atoms with Crippen LogP contribution in [0.3, 0.4) is 0 Å².